The molecule has 0 unspecified atom stereocenters. The zero-order valence-electron chi connectivity index (χ0n) is 11.6. The highest BCUT2D eigenvalue weighted by molar-refractivity contribution is 5.91. The van der Waals surface area contributed by atoms with Crippen LogP contribution in [0.3, 0.4) is 0 Å². The van der Waals surface area contributed by atoms with Crippen molar-refractivity contribution in [1.29, 1.82) is 0 Å². The second-order valence-corrected chi connectivity index (χ2v) is 4.38. The summed E-state index contributed by atoms with van der Waals surface area (Å²) in [7, 11) is 1.31. The number of pyridine rings is 1. The number of nitrogens with zero attached hydrogens (tertiary/aromatic N) is 1. The van der Waals surface area contributed by atoms with Gasteiger partial charge in [-0.25, -0.2) is 14.6 Å². The first-order valence-electron chi connectivity index (χ1n) is 6.16. The minimum atomic E-state index is -0.968. The molecule has 0 aliphatic rings. The van der Waals surface area contributed by atoms with Gasteiger partial charge in [0.05, 0.1) is 18.2 Å². The SMILES string of the molecule is COC(=O)c1ccnc(Nc2ccc(C(=O)O)c(C)c2)c1. The van der Waals surface area contributed by atoms with E-state index < -0.39 is 11.9 Å². The Bertz CT molecular complexity index is 698. The van der Waals surface area contributed by atoms with Crippen LogP contribution in [-0.2, 0) is 4.74 Å². The van der Waals surface area contributed by atoms with Gasteiger partial charge in [-0.05, 0) is 42.8 Å². The molecule has 1 heterocycles. The Morgan fingerprint density at radius 3 is 2.62 bits per heavy atom. The van der Waals surface area contributed by atoms with Crippen molar-refractivity contribution in [3.8, 4) is 0 Å². The van der Waals surface area contributed by atoms with Gasteiger partial charge in [0.1, 0.15) is 5.82 Å². The molecule has 0 aliphatic carbocycles. The minimum Gasteiger partial charge on any atom is -0.478 e. The van der Waals surface area contributed by atoms with Crippen molar-refractivity contribution in [2.45, 2.75) is 6.92 Å². The lowest BCUT2D eigenvalue weighted by atomic mass is 10.1. The molecule has 0 radical (unpaired) electrons. The third kappa shape index (κ3) is 3.36. The summed E-state index contributed by atoms with van der Waals surface area (Å²) in [6, 6.07) is 7.98. The fourth-order valence-corrected chi connectivity index (χ4v) is 1.87. The lowest BCUT2D eigenvalue weighted by Gasteiger charge is -2.09. The summed E-state index contributed by atoms with van der Waals surface area (Å²) in [6.07, 6.45) is 1.49. The molecule has 0 fully saturated rings. The molecule has 2 rings (SSSR count). The molecule has 6 heteroatoms. The van der Waals surface area contributed by atoms with Crippen LogP contribution in [0.2, 0.25) is 0 Å². The molecule has 0 amide bonds. The number of aryl methyl sites for hydroxylation is 1. The van der Waals surface area contributed by atoms with Gasteiger partial charge in [-0.3, -0.25) is 0 Å². The van der Waals surface area contributed by atoms with Crippen molar-refractivity contribution in [1.82, 2.24) is 4.98 Å². The largest absolute Gasteiger partial charge is 0.478 e. The maximum absolute atomic E-state index is 11.4. The van der Waals surface area contributed by atoms with E-state index in [-0.39, 0.29) is 5.56 Å². The number of carbonyl (C=O) groups is 2. The number of benzene rings is 1. The predicted octanol–water partition coefficient (Wildman–Crippen LogP) is 2.62. The number of ether oxygens (including phenoxy) is 1. The first-order valence-corrected chi connectivity index (χ1v) is 6.16. The van der Waals surface area contributed by atoms with Crippen LogP contribution in [0.25, 0.3) is 0 Å². The number of methoxy groups -OCH3 is 1. The van der Waals surface area contributed by atoms with E-state index >= 15 is 0 Å². The zero-order chi connectivity index (χ0) is 15.4. The Balaban J connectivity index is 2.24. The van der Waals surface area contributed by atoms with Gasteiger partial charge >= 0.3 is 11.9 Å². The van der Waals surface area contributed by atoms with Crippen LogP contribution in [0.15, 0.2) is 36.5 Å². The summed E-state index contributed by atoms with van der Waals surface area (Å²) < 4.78 is 4.64. The molecule has 0 saturated carbocycles. The van der Waals surface area contributed by atoms with Crippen LogP contribution >= 0.6 is 0 Å². The summed E-state index contributed by atoms with van der Waals surface area (Å²) >= 11 is 0. The summed E-state index contributed by atoms with van der Waals surface area (Å²) in [5, 5.41) is 12.0. The molecule has 1 aromatic heterocycles. The van der Waals surface area contributed by atoms with Gasteiger partial charge in [-0.2, -0.15) is 0 Å². The van der Waals surface area contributed by atoms with Gasteiger partial charge in [-0.1, -0.05) is 0 Å². The summed E-state index contributed by atoms with van der Waals surface area (Å²) in [5.41, 5.74) is 1.95. The molecule has 0 bridgehead atoms. The second-order valence-electron chi connectivity index (χ2n) is 4.38. The van der Waals surface area contributed by atoms with Crippen molar-refractivity contribution in [2.24, 2.45) is 0 Å². The average Bonchev–Trinajstić information content (AvgIpc) is 2.46. The van der Waals surface area contributed by atoms with E-state index in [1.54, 1.807) is 31.2 Å². The number of carboxylic acids is 1. The smallest absolute Gasteiger partial charge is 0.338 e. The third-order valence-electron chi connectivity index (χ3n) is 2.91. The molecular weight excluding hydrogens is 272 g/mol. The van der Waals surface area contributed by atoms with E-state index in [1.807, 2.05) is 0 Å². The molecule has 2 aromatic rings. The number of hydrogen-bond donors (Lipinski definition) is 2. The fourth-order valence-electron chi connectivity index (χ4n) is 1.87. The van der Waals surface area contributed by atoms with Crippen LogP contribution in [-0.4, -0.2) is 29.1 Å². The highest BCUT2D eigenvalue weighted by Crippen LogP contribution is 2.19. The van der Waals surface area contributed by atoms with E-state index in [0.717, 1.165) is 0 Å². The molecule has 0 saturated heterocycles. The molecular formula is C15H14N2O4. The number of aromatic carboxylic acids is 1. The van der Waals surface area contributed by atoms with Gasteiger partial charge in [0.25, 0.3) is 0 Å². The summed E-state index contributed by atoms with van der Waals surface area (Å²) in [4.78, 5) is 26.5. The summed E-state index contributed by atoms with van der Waals surface area (Å²) in [6.45, 7) is 1.72. The van der Waals surface area contributed by atoms with E-state index in [2.05, 4.69) is 15.0 Å². The van der Waals surface area contributed by atoms with Crippen LogP contribution in [0.4, 0.5) is 11.5 Å². The van der Waals surface area contributed by atoms with Gasteiger partial charge in [0, 0.05) is 11.9 Å². The van der Waals surface area contributed by atoms with E-state index in [0.29, 0.717) is 22.6 Å². The lowest BCUT2D eigenvalue weighted by Crippen LogP contribution is -2.04. The quantitative estimate of drug-likeness (QED) is 0.840. The van der Waals surface area contributed by atoms with Crippen LogP contribution in [0.5, 0.6) is 0 Å². The number of anilines is 2. The molecule has 108 valence electrons. The van der Waals surface area contributed by atoms with Crippen molar-refractivity contribution < 1.29 is 19.4 Å². The topological polar surface area (TPSA) is 88.5 Å². The Kier molecular flexibility index (Phi) is 4.18. The standard InChI is InChI=1S/C15H14N2O4/c1-9-7-11(3-4-12(9)14(18)19)17-13-8-10(5-6-16-13)15(20)21-2/h3-8H,1-2H3,(H,16,17)(H,18,19). The van der Waals surface area contributed by atoms with Crippen LogP contribution in [0.1, 0.15) is 26.3 Å². The Labute approximate surface area is 121 Å². The summed E-state index contributed by atoms with van der Waals surface area (Å²) in [5.74, 6) is -0.942. The number of esters is 1. The number of aromatic nitrogens is 1. The Morgan fingerprint density at radius 1 is 1.24 bits per heavy atom. The van der Waals surface area contributed by atoms with Crippen LogP contribution < -0.4 is 5.32 Å². The van der Waals surface area contributed by atoms with E-state index in [1.165, 1.54) is 19.4 Å². The Morgan fingerprint density at radius 2 is 2.00 bits per heavy atom. The fraction of sp³-hybridized carbons (Fsp3) is 0.133. The van der Waals surface area contributed by atoms with E-state index in [4.69, 9.17) is 5.11 Å². The second kappa shape index (κ2) is 6.04. The van der Waals surface area contributed by atoms with Crippen molar-refractivity contribution in [3.05, 3.63) is 53.2 Å². The number of carboxylic acid groups (broad SMARTS) is 1. The van der Waals surface area contributed by atoms with E-state index in [9.17, 15) is 9.59 Å². The highest BCUT2D eigenvalue weighted by Gasteiger charge is 2.09. The van der Waals surface area contributed by atoms with Gasteiger partial charge < -0.3 is 15.2 Å². The number of rotatable bonds is 4. The van der Waals surface area contributed by atoms with Gasteiger partial charge in [0.15, 0.2) is 0 Å². The average molecular weight is 286 g/mol. The third-order valence-corrected chi connectivity index (χ3v) is 2.91. The normalized spacial score (nSPS) is 10.0. The first-order chi connectivity index (χ1) is 10.0. The zero-order valence-corrected chi connectivity index (χ0v) is 11.6. The van der Waals surface area contributed by atoms with Crippen molar-refractivity contribution >= 4 is 23.4 Å². The van der Waals surface area contributed by atoms with Crippen LogP contribution in [0, 0.1) is 6.92 Å². The molecule has 0 atom stereocenters. The maximum Gasteiger partial charge on any atom is 0.338 e. The molecule has 21 heavy (non-hydrogen) atoms. The molecule has 1 aromatic carbocycles. The van der Waals surface area contributed by atoms with Crippen molar-refractivity contribution in [2.75, 3.05) is 12.4 Å². The first kappa shape index (κ1) is 14.5. The highest BCUT2D eigenvalue weighted by atomic mass is 16.5. The number of carbonyl (C=O) groups excluding carboxylic acids is 1. The predicted molar refractivity (Wildman–Crippen MR) is 77.0 cm³/mol. The lowest BCUT2D eigenvalue weighted by molar-refractivity contribution is 0.0599. The monoisotopic (exact) mass is 286 g/mol. The number of nitrogens with one attached hydrogen (secondary N) is 1. The molecule has 0 aliphatic heterocycles. The maximum atomic E-state index is 11.4. The van der Waals surface area contributed by atoms with Crippen molar-refractivity contribution in [3.63, 3.8) is 0 Å². The number of hydrogen-bond acceptors (Lipinski definition) is 5. The molecule has 6 nitrogen and oxygen atoms in total. The Hall–Kier alpha value is -2.89. The molecule has 0 spiro atoms. The van der Waals surface area contributed by atoms with Gasteiger partial charge in [-0.15, -0.1) is 0 Å². The van der Waals surface area contributed by atoms with Gasteiger partial charge in [0.2, 0.25) is 0 Å². The molecule has 2 N–H and O–H groups in total. The minimum absolute atomic E-state index is 0.247.